The number of nitrogens with two attached hydrogens (primary N) is 1. The van der Waals surface area contributed by atoms with Gasteiger partial charge in [0, 0.05) is 16.8 Å². The topological polar surface area (TPSA) is 72.2 Å². The summed E-state index contributed by atoms with van der Waals surface area (Å²) in [4.78, 5) is 0.272. The molecule has 104 valence electrons. The van der Waals surface area contributed by atoms with E-state index in [1.165, 1.54) is 16.2 Å². The van der Waals surface area contributed by atoms with Crippen molar-refractivity contribution in [2.75, 3.05) is 6.54 Å². The van der Waals surface area contributed by atoms with Crippen LogP contribution in [0, 0.1) is 0 Å². The number of halogens is 4. The van der Waals surface area contributed by atoms with Gasteiger partial charge in [0.05, 0.1) is 11.4 Å². The molecule has 0 bridgehead atoms. The lowest BCUT2D eigenvalue weighted by molar-refractivity contribution is -0.122. The highest BCUT2D eigenvalue weighted by molar-refractivity contribution is 7.89. The molecule has 0 aliphatic rings. The molecule has 0 aromatic carbocycles. The Morgan fingerprint density at radius 2 is 2.06 bits per heavy atom. The van der Waals surface area contributed by atoms with Crippen molar-refractivity contribution in [3.8, 4) is 0 Å². The number of hydrogen-bond donors (Lipinski definition) is 2. The molecule has 1 aromatic heterocycles. The van der Waals surface area contributed by atoms with E-state index >= 15 is 0 Å². The zero-order chi connectivity index (χ0) is 14.0. The monoisotopic (exact) mass is 306 g/mol. The van der Waals surface area contributed by atoms with E-state index in [4.69, 9.17) is 5.73 Å². The van der Waals surface area contributed by atoms with Crippen LogP contribution < -0.4 is 10.5 Å². The highest BCUT2D eigenvalue weighted by Gasteiger charge is 2.41. The van der Waals surface area contributed by atoms with Crippen LogP contribution in [0.4, 0.5) is 17.6 Å². The van der Waals surface area contributed by atoms with Crippen molar-refractivity contribution in [1.82, 2.24) is 4.72 Å². The number of hydrogen-bond acceptors (Lipinski definition) is 4. The summed E-state index contributed by atoms with van der Waals surface area (Å²) in [6, 6.07) is 1.20. The first-order valence-electron chi connectivity index (χ1n) is 4.62. The Hall–Kier alpha value is -0.710. The van der Waals surface area contributed by atoms with Crippen LogP contribution >= 0.6 is 11.3 Å². The van der Waals surface area contributed by atoms with Crippen LogP contribution in [0.2, 0.25) is 0 Å². The standard InChI is InChI=1S/C8H10F4N2O2S2/c9-7(10)8(11,12)4-14-18(15,16)6-1-5(2-13)17-3-6/h1,3,7,14H,2,4,13H2. The third-order valence-corrected chi connectivity index (χ3v) is 4.45. The Morgan fingerprint density at radius 1 is 1.44 bits per heavy atom. The van der Waals surface area contributed by atoms with E-state index in [9.17, 15) is 26.0 Å². The molecule has 1 heterocycles. The zero-order valence-corrected chi connectivity index (χ0v) is 10.5. The molecule has 0 atom stereocenters. The summed E-state index contributed by atoms with van der Waals surface area (Å²) in [6.07, 6.45) is -3.93. The maximum atomic E-state index is 12.6. The van der Waals surface area contributed by atoms with E-state index in [0.29, 0.717) is 4.88 Å². The molecule has 1 rings (SSSR count). The van der Waals surface area contributed by atoms with E-state index in [0.717, 1.165) is 11.3 Å². The average molecular weight is 306 g/mol. The smallest absolute Gasteiger partial charge is 0.320 e. The fraction of sp³-hybridized carbons (Fsp3) is 0.500. The van der Waals surface area contributed by atoms with Crippen LogP contribution in [0.3, 0.4) is 0 Å². The minimum atomic E-state index is -4.40. The summed E-state index contributed by atoms with van der Waals surface area (Å²) >= 11 is 1.04. The molecule has 0 saturated carbocycles. The van der Waals surface area contributed by atoms with E-state index in [2.05, 4.69) is 0 Å². The predicted molar refractivity (Wildman–Crippen MR) is 58.3 cm³/mol. The number of thiophene rings is 1. The quantitative estimate of drug-likeness (QED) is 0.780. The van der Waals surface area contributed by atoms with Gasteiger partial charge in [-0.25, -0.2) is 21.9 Å². The minimum Gasteiger partial charge on any atom is -0.326 e. The molecule has 0 unspecified atom stereocenters. The second-order valence-corrected chi connectivity index (χ2v) is 6.10. The van der Waals surface area contributed by atoms with Gasteiger partial charge in [0.25, 0.3) is 0 Å². The first-order chi connectivity index (χ1) is 8.19. The number of rotatable bonds is 6. The van der Waals surface area contributed by atoms with Crippen molar-refractivity contribution < 1.29 is 26.0 Å². The summed E-state index contributed by atoms with van der Waals surface area (Å²) in [6.45, 7) is -1.55. The molecule has 10 heteroatoms. The molecule has 0 amide bonds. The van der Waals surface area contributed by atoms with Crippen LogP contribution in [0.5, 0.6) is 0 Å². The molecule has 18 heavy (non-hydrogen) atoms. The molecule has 0 spiro atoms. The number of sulfonamides is 1. The second-order valence-electron chi connectivity index (χ2n) is 3.34. The normalized spacial score (nSPS) is 13.2. The highest BCUT2D eigenvalue weighted by atomic mass is 32.2. The van der Waals surface area contributed by atoms with Gasteiger partial charge in [-0.1, -0.05) is 0 Å². The second kappa shape index (κ2) is 5.51. The molecule has 3 N–H and O–H groups in total. The summed E-state index contributed by atoms with van der Waals surface area (Å²) < 4.78 is 73.3. The molecular formula is C8H10F4N2O2S2. The van der Waals surface area contributed by atoms with E-state index < -0.39 is 28.9 Å². The maximum Gasteiger partial charge on any atom is 0.320 e. The largest absolute Gasteiger partial charge is 0.326 e. The first kappa shape index (κ1) is 15.3. The van der Waals surface area contributed by atoms with Crippen LogP contribution in [0.1, 0.15) is 4.88 Å². The molecular weight excluding hydrogens is 296 g/mol. The van der Waals surface area contributed by atoms with Gasteiger partial charge in [-0.15, -0.1) is 11.3 Å². The maximum absolute atomic E-state index is 12.6. The number of alkyl halides is 4. The van der Waals surface area contributed by atoms with E-state index in [1.807, 2.05) is 0 Å². The van der Waals surface area contributed by atoms with Gasteiger partial charge in [0.15, 0.2) is 0 Å². The molecule has 0 aliphatic heterocycles. The van der Waals surface area contributed by atoms with Crippen LogP contribution in [-0.2, 0) is 16.6 Å². The average Bonchev–Trinajstić information content (AvgIpc) is 2.75. The van der Waals surface area contributed by atoms with Crippen molar-refractivity contribution in [3.63, 3.8) is 0 Å². The molecule has 0 saturated heterocycles. The van der Waals surface area contributed by atoms with Crippen molar-refractivity contribution in [3.05, 3.63) is 16.3 Å². The van der Waals surface area contributed by atoms with Crippen LogP contribution in [0.15, 0.2) is 16.3 Å². The van der Waals surface area contributed by atoms with Crippen LogP contribution in [0.25, 0.3) is 0 Å². The van der Waals surface area contributed by atoms with Crippen molar-refractivity contribution in [2.45, 2.75) is 23.8 Å². The molecule has 0 radical (unpaired) electrons. The molecule has 1 aromatic rings. The fourth-order valence-corrected chi connectivity index (χ4v) is 3.16. The van der Waals surface area contributed by atoms with Crippen molar-refractivity contribution in [1.29, 1.82) is 0 Å². The van der Waals surface area contributed by atoms with Gasteiger partial charge in [0.1, 0.15) is 0 Å². The van der Waals surface area contributed by atoms with E-state index in [1.54, 1.807) is 0 Å². The summed E-state index contributed by atoms with van der Waals surface area (Å²) in [5, 5.41) is 1.20. The SMILES string of the molecule is NCc1cc(S(=O)(=O)NCC(F)(F)C(F)F)cs1. The zero-order valence-electron chi connectivity index (χ0n) is 8.87. The van der Waals surface area contributed by atoms with Gasteiger partial charge in [-0.05, 0) is 6.07 Å². The predicted octanol–water partition coefficient (Wildman–Crippen LogP) is 1.39. The molecule has 4 nitrogen and oxygen atoms in total. The Balaban J connectivity index is 2.77. The highest BCUT2D eigenvalue weighted by Crippen LogP contribution is 2.23. The van der Waals surface area contributed by atoms with Crippen LogP contribution in [-0.4, -0.2) is 27.3 Å². The Labute approximate surface area is 105 Å². The van der Waals surface area contributed by atoms with Gasteiger partial charge < -0.3 is 5.73 Å². The molecule has 0 aliphatic carbocycles. The van der Waals surface area contributed by atoms with E-state index in [-0.39, 0.29) is 11.4 Å². The Bertz CT molecular complexity index is 501. The third-order valence-electron chi connectivity index (χ3n) is 1.96. The van der Waals surface area contributed by atoms with Gasteiger partial charge in [-0.2, -0.15) is 8.78 Å². The lowest BCUT2D eigenvalue weighted by atomic mass is 10.4. The first-order valence-corrected chi connectivity index (χ1v) is 6.98. The van der Waals surface area contributed by atoms with Crippen molar-refractivity contribution >= 4 is 21.4 Å². The van der Waals surface area contributed by atoms with Gasteiger partial charge in [-0.3, -0.25) is 0 Å². The summed E-state index contributed by atoms with van der Waals surface area (Å²) in [5.41, 5.74) is 5.27. The Morgan fingerprint density at radius 3 is 2.50 bits per heavy atom. The number of nitrogens with one attached hydrogen (secondary N) is 1. The summed E-state index contributed by atoms with van der Waals surface area (Å²) in [7, 11) is -4.22. The third kappa shape index (κ3) is 3.64. The lowest BCUT2D eigenvalue weighted by Crippen LogP contribution is -2.41. The molecule has 0 fully saturated rings. The Kier molecular flexibility index (Phi) is 4.70. The summed E-state index contributed by atoms with van der Waals surface area (Å²) in [5.74, 6) is -4.40. The fourth-order valence-electron chi connectivity index (χ4n) is 0.960. The van der Waals surface area contributed by atoms with Gasteiger partial charge in [0.2, 0.25) is 10.0 Å². The van der Waals surface area contributed by atoms with Gasteiger partial charge >= 0.3 is 12.3 Å². The van der Waals surface area contributed by atoms with Crippen molar-refractivity contribution in [2.24, 2.45) is 5.73 Å². The minimum absolute atomic E-state index is 0.105. The lowest BCUT2D eigenvalue weighted by Gasteiger charge is -2.15.